The van der Waals surface area contributed by atoms with Crippen LogP contribution in [0.5, 0.6) is 0 Å². The highest BCUT2D eigenvalue weighted by atomic mass is 16.5. The van der Waals surface area contributed by atoms with Gasteiger partial charge >= 0.3 is 5.97 Å². The van der Waals surface area contributed by atoms with E-state index in [1.54, 1.807) is 0 Å². The third-order valence-corrected chi connectivity index (χ3v) is 2.76. The lowest BCUT2D eigenvalue weighted by Crippen LogP contribution is -2.41. The number of aliphatic hydroxyl groups is 2. The average Bonchev–Trinajstić information content (AvgIpc) is 2.69. The van der Waals surface area contributed by atoms with Crippen LogP contribution in [0, 0.1) is 0 Å². The van der Waals surface area contributed by atoms with Crippen LogP contribution in [0.3, 0.4) is 0 Å². The normalized spacial score (nSPS) is 28.0. The molecule has 92 valence electrons. The summed E-state index contributed by atoms with van der Waals surface area (Å²) in [6.07, 6.45) is -2.01. The van der Waals surface area contributed by atoms with Crippen molar-refractivity contribution >= 4 is 5.97 Å². The molecule has 1 heterocycles. The first-order valence-corrected chi connectivity index (χ1v) is 5.48. The third kappa shape index (κ3) is 2.82. The highest BCUT2D eigenvalue weighted by molar-refractivity contribution is 5.77. The summed E-state index contributed by atoms with van der Waals surface area (Å²) in [4.78, 5) is 11.6. The summed E-state index contributed by atoms with van der Waals surface area (Å²) in [7, 11) is 0. The summed E-state index contributed by atoms with van der Waals surface area (Å²) in [6.45, 7) is 0.368. The van der Waals surface area contributed by atoms with Crippen LogP contribution in [0.4, 0.5) is 0 Å². The zero-order valence-corrected chi connectivity index (χ0v) is 9.24. The number of aliphatic hydroxyl groups excluding tert-OH is 2. The van der Waals surface area contributed by atoms with Gasteiger partial charge in [-0.3, -0.25) is 10.1 Å². The maximum Gasteiger partial charge on any atom is 0.326 e. The van der Waals surface area contributed by atoms with E-state index in [1.807, 2.05) is 30.3 Å². The summed E-state index contributed by atoms with van der Waals surface area (Å²) in [5.74, 6) is -0.544. The Kier molecular flexibility index (Phi) is 3.73. The fraction of sp³-hybridized carbons (Fsp3) is 0.417. The van der Waals surface area contributed by atoms with Crippen molar-refractivity contribution in [3.05, 3.63) is 35.9 Å². The van der Waals surface area contributed by atoms with Crippen LogP contribution in [0.1, 0.15) is 5.56 Å². The molecule has 0 saturated carbocycles. The molecule has 0 aliphatic carbocycles. The van der Waals surface area contributed by atoms with Gasteiger partial charge in [0.05, 0.1) is 6.10 Å². The Morgan fingerprint density at radius 1 is 1.35 bits per heavy atom. The van der Waals surface area contributed by atoms with Gasteiger partial charge in [0, 0.05) is 6.54 Å². The van der Waals surface area contributed by atoms with Crippen molar-refractivity contribution in [1.29, 1.82) is 0 Å². The maximum atomic E-state index is 11.6. The number of ether oxygens (including phenoxy) is 1. The topological polar surface area (TPSA) is 78.8 Å². The smallest absolute Gasteiger partial charge is 0.326 e. The Morgan fingerprint density at radius 2 is 2.06 bits per heavy atom. The molecule has 3 N–H and O–H groups in total. The van der Waals surface area contributed by atoms with Gasteiger partial charge in [-0.05, 0) is 5.56 Å². The summed E-state index contributed by atoms with van der Waals surface area (Å²) in [5.41, 5.74) is 0.883. The van der Waals surface area contributed by atoms with Crippen LogP contribution in [0.2, 0.25) is 0 Å². The van der Waals surface area contributed by atoms with Crippen molar-refractivity contribution in [2.45, 2.75) is 24.9 Å². The van der Waals surface area contributed by atoms with Gasteiger partial charge in [0.15, 0.2) is 0 Å². The molecule has 0 amide bonds. The molecule has 0 unspecified atom stereocenters. The monoisotopic (exact) mass is 237 g/mol. The molecule has 0 spiro atoms. The van der Waals surface area contributed by atoms with Gasteiger partial charge in [-0.25, -0.2) is 0 Å². The van der Waals surface area contributed by atoms with Crippen molar-refractivity contribution in [3.8, 4) is 0 Å². The molecular weight excluding hydrogens is 222 g/mol. The van der Waals surface area contributed by atoms with Gasteiger partial charge in [0.1, 0.15) is 18.8 Å². The number of rotatable bonds is 3. The molecular formula is C12H15NO4. The minimum Gasteiger partial charge on any atom is -0.460 e. The van der Waals surface area contributed by atoms with Crippen LogP contribution in [-0.4, -0.2) is 41.0 Å². The zero-order valence-electron chi connectivity index (χ0n) is 9.24. The lowest BCUT2D eigenvalue weighted by molar-refractivity contribution is -0.150. The van der Waals surface area contributed by atoms with Crippen molar-refractivity contribution in [1.82, 2.24) is 5.32 Å². The van der Waals surface area contributed by atoms with E-state index >= 15 is 0 Å². The number of nitrogens with one attached hydrogen (secondary N) is 1. The lowest BCUT2D eigenvalue weighted by atomic mass is 10.1. The van der Waals surface area contributed by atoms with E-state index in [0.29, 0.717) is 0 Å². The van der Waals surface area contributed by atoms with Crippen LogP contribution >= 0.6 is 0 Å². The molecule has 1 aromatic rings. The third-order valence-electron chi connectivity index (χ3n) is 2.76. The fourth-order valence-corrected chi connectivity index (χ4v) is 1.75. The molecule has 0 radical (unpaired) electrons. The van der Waals surface area contributed by atoms with Gasteiger partial charge < -0.3 is 14.9 Å². The largest absolute Gasteiger partial charge is 0.460 e. The molecule has 1 saturated heterocycles. The summed E-state index contributed by atoms with van der Waals surface area (Å²) in [6, 6.07) is 8.45. The number of hydrogen-bond donors (Lipinski definition) is 3. The second kappa shape index (κ2) is 5.27. The standard InChI is InChI=1S/C12H15NO4/c14-9-6-13-10(11(9)15)12(16)17-7-8-4-2-1-3-5-8/h1-5,9-11,13-15H,6-7H2/t9-,10+,11-/m1/s1. The lowest BCUT2D eigenvalue weighted by Gasteiger charge is -2.14. The highest BCUT2D eigenvalue weighted by Crippen LogP contribution is 2.10. The molecule has 1 fully saturated rings. The van der Waals surface area contributed by atoms with E-state index < -0.39 is 24.2 Å². The van der Waals surface area contributed by atoms with E-state index in [0.717, 1.165) is 5.56 Å². The van der Waals surface area contributed by atoms with E-state index in [1.165, 1.54) is 0 Å². The number of carbonyl (C=O) groups is 1. The van der Waals surface area contributed by atoms with Crippen molar-refractivity contribution in [2.75, 3.05) is 6.54 Å². The predicted octanol–water partition coefficient (Wildman–Crippen LogP) is -0.577. The second-order valence-electron chi connectivity index (χ2n) is 4.04. The number of β-amino-alcohol motifs (C(OH)–C–C–N with tert-alkyl or cyclic N) is 1. The molecule has 0 bridgehead atoms. The average molecular weight is 237 g/mol. The number of hydrogen-bond acceptors (Lipinski definition) is 5. The molecule has 2 rings (SSSR count). The second-order valence-corrected chi connectivity index (χ2v) is 4.04. The summed E-state index contributed by atoms with van der Waals surface area (Å²) < 4.78 is 5.06. The van der Waals surface area contributed by atoms with Crippen molar-refractivity contribution < 1.29 is 19.7 Å². The number of esters is 1. The summed E-state index contributed by atoms with van der Waals surface area (Å²) in [5, 5.41) is 21.5. The molecule has 1 aliphatic rings. The molecule has 5 nitrogen and oxygen atoms in total. The van der Waals surface area contributed by atoms with Crippen molar-refractivity contribution in [3.63, 3.8) is 0 Å². The quantitative estimate of drug-likeness (QED) is 0.613. The first kappa shape index (κ1) is 12.0. The highest BCUT2D eigenvalue weighted by Gasteiger charge is 2.38. The molecule has 3 atom stereocenters. The Hall–Kier alpha value is -1.43. The number of carbonyl (C=O) groups excluding carboxylic acids is 1. The Bertz CT molecular complexity index is 381. The van der Waals surface area contributed by atoms with E-state index in [4.69, 9.17) is 4.74 Å². The van der Waals surface area contributed by atoms with Crippen LogP contribution < -0.4 is 5.32 Å². The van der Waals surface area contributed by atoms with E-state index in [-0.39, 0.29) is 13.2 Å². The van der Waals surface area contributed by atoms with Crippen LogP contribution in [0.15, 0.2) is 30.3 Å². The Labute approximate surface area is 99.0 Å². The van der Waals surface area contributed by atoms with Crippen molar-refractivity contribution in [2.24, 2.45) is 0 Å². The zero-order chi connectivity index (χ0) is 12.3. The van der Waals surface area contributed by atoms with E-state index in [2.05, 4.69) is 5.32 Å². The summed E-state index contributed by atoms with van der Waals surface area (Å²) >= 11 is 0. The predicted molar refractivity (Wildman–Crippen MR) is 60.0 cm³/mol. The maximum absolute atomic E-state index is 11.6. The first-order valence-electron chi connectivity index (χ1n) is 5.48. The SMILES string of the molecule is O=C(OCc1ccccc1)[C@H]1NC[C@@H](O)[C@H]1O. The minimum atomic E-state index is -1.10. The van der Waals surface area contributed by atoms with Gasteiger partial charge in [0.2, 0.25) is 0 Å². The van der Waals surface area contributed by atoms with Crippen LogP contribution in [-0.2, 0) is 16.1 Å². The van der Waals surface area contributed by atoms with Gasteiger partial charge in [-0.1, -0.05) is 30.3 Å². The van der Waals surface area contributed by atoms with Gasteiger partial charge in [-0.15, -0.1) is 0 Å². The molecule has 17 heavy (non-hydrogen) atoms. The Balaban J connectivity index is 1.86. The number of benzene rings is 1. The van der Waals surface area contributed by atoms with Gasteiger partial charge in [-0.2, -0.15) is 0 Å². The molecule has 1 aromatic carbocycles. The minimum absolute atomic E-state index is 0.167. The fourth-order valence-electron chi connectivity index (χ4n) is 1.75. The molecule has 5 heteroatoms. The molecule has 0 aromatic heterocycles. The van der Waals surface area contributed by atoms with E-state index in [9.17, 15) is 15.0 Å². The Morgan fingerprint density at radius 3 is 2.65 bits per heavy atom. The van der Waals surface area contributed by atoms with Gasteiger partial charge in [0.25, 0.3) is 0 Å². The molecule has 1 aliphatic heterocycles. The first-order chi connectivity index (χ1) is 8.18. The van der Waals surface area contributed by atoms with Crippen LogP contribution in [0.25, 0.3) is 0 Å².